The van der Waals surface area contributed by atoms with Gasteiger partial charge in [0.25, 0.3) is 0 Å². The van der Waals surface area contributed by atoms with Crippen molar-refractivity contribution in [1.29, 1.82) is 0 Å². The van der Waals surface area contributed by atoms with Crippen LogP contribution in [0.2, 0.25) is 0 Å². The Hall–Kier alpha value is 2.22. The third kappa shape index (κ3) is 8.88. The minimum atomic E-state index is 0. The van der Waals surface area contributed by atoms with Crippen molar-refractivity contribution < 1.29 is 41.6 Å². The van der Waals surface area contributed by atoms with Gasteiger partial charge in [-0.15, -0.1) is 0 Å². The van der Waals surface area contributed by atoms with E-state index in [1.165, 1.54) is 0 Å². The number of rotatable bonds is 0. The normalized spacial score (nSPS) is 0. The van der Waals surface area contributed by atoms with Crippen LogP contribution >= 0.6 is 0 Å². The van der Waals surface area contributed by atoms with Gasteiger partial charge in [-0.3, -0.25) is 0 Å². The standard InChI is InChI=1S/Ca.Co.Ni.H2O.2H/h;;;1H2;;/q+2;;;;2*-1. The molecule has 0 aliphatic heterocycles. The molecule has 0 atom stereocenters. The van der Waals surface area contributed by atoms with E-state index in [2.05, 4.69) is 0 Å². The van der Waals surface area contributed by atoms with Gasteiger partial charge in [0.2, 0.25) is 0 Å². The van der Waals surface area contributed by atoms with E-state index in [0.29, 0.717) is 0 Å². The molecule has 4 heteroatoms. The molecule has 0 fully saturated rings. The summed E-state index contributed by atoms with van der Waals surface area (Å²) in [5.74, 6) is 0. The van der Waals surface area contributed by atoms with Crippen molar-refractivity contribution in [3.8, 4) is 0 Å². The monoisotopic (exact) mass is 177 g/mol. The predicted molar refractivity (Wildman–Crippen MR) is 11.6 cm³/mol. The van der Waals surface area contributed by atoms with Crippen molar-refractivity contribution in [2.75, 3.05) is 0 Å². The van der Waals surface area contributed by atoms with Crippen molar-refractivity contribution in [3.05, 3.63) is 0 Å². The van der Waals surface area contributed by atoms with Gasteiger partial charge in [0, 0.05) is 33.3 Å². The van der Waals surface area contributed by atoms with Crippen LogP contribution in [0.25, 0.3) is 0 Å². The van der Waals surface area contributed by atoms with Crippen LogP contribution in [0.3, 0.4) is 0 Å². The van der Waals surface area contributed by atoms with Gasteiger partial charge in [-0.1, -0.05) is 0 Å². The average molecular weight is 178 g/mol. The molecule has 0 aromatic carbocycles. The van der Waals surface area contributed by atoms with E-state index in [1.54, 1.807) is 0 Å². The number of hydrogen-bond donors (Lipinski definition) is 0. The Kier molecular flexibility index (Phi) is 162. The second-order valence-electron chi connectivity index (χ2n) is 0. The fraction of sp³-hybridized carbons (Fsp3) is 0. The molecule has 0 aliphatic carbocycles. The SMILES string of the molecule is O.[Ca+2].[Co].[H-].[H-].[Ni]. The van der Waals surface area contributed by atoms with Crippen LogP contribution in [0.5, 0.6) is 0 Å². The van der Waals surface area contributed by atoms with Crippen molar-refractivity contribution >= 4 is 37.7 Å². The van der Waals surface area contributed by atoms with Crippen molar-refractivity contribution in [1.82, 2.24) is 0 Å². The zero-order chi connectivity index (χ0) is 0. The molecule has 0 saturated heterocycles. The summed E-state index contributed by atoms with van der Waals surface area (Å²) in [6.45, 7) is 0. The first-order valence-corrected chi connectivity index (χ1v) is 0. The predicted octanol–water partition coefficient (Wildman–Crippen LogP) is -0.986. The Morgan fingerprint density at radius 3 is 1.25 bits per heavy atom. The fourth-order valence-corrected chi connectivity index (χ4v) is 0. The molecule has 1 radical (unpaired) electrons. The average Bonchev–Trinajstić information content (AvgIpc) is 0. The summed E-state index contributed by atoms with van der Waals surface area (Å²) < 4.78 is 0. The molecule has 31 valence electrons. The van der Waals surface area contributed by atoms with Gasteiger partial charge in [0.05, 0.1) is 0 Å². The zero-order valence-electron chi connectivity index (χ0n) is 3.86. The third-order valence-electron chi connectivity index (χ3n) is 0. The second kappa shape index (κ2) is 18.9. The molecular formula is H4CaCoNiO. The maximum atomic E-state index is 0. The largest absolute Gasteiger partial charge is 2.00 e. The first-order chi connectivity index (χ1) is 0. The zero-order valence-corrected chi connectivity index (χ0v) is 6.09. The van der Waals surface area contributed by atoms with Gasteiger partial charge < -0.3 is 8.33 Å². The molecule has 0 bridgehead atoms. The molecule has 0 heterocycles. The van der Waals surface area contributed by atoms with Crippen LogP contribution in [0, 0.1) is 0 Å². The summed E-state index contributed by atoms with van der Waals surface area (Å²) in [6.07, 6.45) is 0. The fourth-order valence-electron chi connectivity index (χ4n) is 0. The summed E-state index contributed by atoms with van der Waals surface area (Å²) in [5.41, 5.74) is 0. The summed E-state index contributed by atoms with van der Waals surface area (Å²) in [5, 5.41) is 0. The molecular weight excluding hydrogens is 174 g/mol. The molecule has 0 saturated carbocycles. The molecule has 0 aromatic heterocycles. The van der Waals surface area contributed by atoms with E-state index in [1.807, 2.05) is 0 Å². The number of hydrogen-bond acceptors (Lipinski definition) is 0. The Bertz CT molecular complexity index is 13.5. The minimum absolute atomic E-state index is 0. The molecule has 2 N–H and O–H groups in total. The third-order valence-corrected chi connectivity index (χ3v) is 0. The summed E-state index contributed by atoms with van der Waals surface area (Å²) >= 11 is 0. The van der Waals surface area contributed by atoms with E-state index >= 15 is 0 Å². The molecule has 0 spiro atoms. The second-order valence-corrected chi connectivity index (χ2v) is 0. The summed E-state index contributed by atoms with van der Waals surface area (Å²) in [6, 6.07) is 0. The Morgan fingerprint density at radius 2 is 1.25 bits per heavy atom. The first kappa shape index (κ1) is 34.4. The van der Waals surface area contributed by atoms with Crippen LogP contribution in [-0.2, 0) is 33.3 Å². The van der Waals surface area contributed by atoms with Gasteiger partial charge in [0.1, 0.15) is 0 Å². The minimum Gasteiger partial charge on any atom is -1.00 e. The van der Waals surface area contributed by atoms with E-state index in [-0.39, 0.29) is 79.3 Å². The smallest absolute Gasteiger partial charge is 1.00 e. The van der Waals surface area contributed by atoms with Gasteiger partial charge in [-0.2, -0.15) is 0 Å². The molecule has 0 unspecified atom stereocenters. The molecule has 1 nitrogen and oxygen atoms in total. The van der Waals surface area contributed by atoms with Gasteiger partial charge in [-0.05, 0) is 0 Å². The molecule has 0 aromatic rings. The van der Waals surface area contributed by atoms with Crippen LogP contribution in [0.4, 0.5) is 0 Å². The van der Waals surface area contributed by atoms with Gasteiger partial charge >= 0.3 is 37.7 Å². The van der Waals surface area contributed by atoms with Crippen LogP contribution < -0.4 is 0 Å². The molecule has 4 heavy (non-hydrogen) atoms. The summed E-state index contributed by atoms with van der Waals surface area (Å²) in [7, 11) is 0. The van der Waals surface area contributed by atoms with E-state index in [0.717, 1.165) is 0 Å². The maximum absolute atomic E-state index is 0. The first-order valence-electron chi connectivity index (χ1n) is 0. The van der Waals surface area contributed by atoms with Crippen molar-refractivity contribution in [2.45, 2.75) is 0 Å². The van der Waals surface area contributed by atoms with Crippen molar-refractivity contribution in [3.63, 3.8) is 0 Å². The van der Waals surface area contributed by atoms with Crippen LogP contribution in [0.1, 0.15) is 2.85 Å². The Balaban J connectivity index is 0. The quantitative estimate of drug-likeness (QED) is 0.426. The molecule has 0 rings (SSSR count). The topological polar surface area (TPSA) is 31.5 Å². The molecule has 0 aliphatic rings. The van der Waals surface area contributed by atoms with E-state index < -0.39 is 0 Å². The Morgan fingerprint density at radius 1 is 1.25 bits per heavy atom. The van der Waals surface area contributed by atoms with Crippen LogP contribution in [0.15, 0.2) is 0 Å². The molecule has 0 amide bonds. The van der Waals surface area contributed by atoms with Gasteiger partial charge in [0.15, 0.2) is 0 Å². The Labute approximate surface area is 78.3 Å². The van der Waals surface area contributed by atoms with Crippen LogP contribution in [-0.4, -0.2) is 43.2 Å². The van der Waals surface area contributed by atoms with E-state index in [4.69, 9.17) is 0 Å². The maximum Gasteiger partial charge on any atom is 2.00 e. The summed E-state index contributed by atoms with van der Waals surface area (Å²) in [4.78, 5) is 0. The van der Waals surface area contributed by atoms with E-state index in [9.17, 15) is 0 Å². The van der Waals surface area contributed by atoms with Gasteiger partial charge in [-0.25, -0.2) is 0 Å². The van der Waals surface area contributed by atoms with Crippen molar-refractivity contribution in [2.24, 2.45) is 0 Å².